The molecule has 2 unspecified atom stereocenters. The van der Waals surface area contributed by atoms with E-state index >= 15 is 0 Å². The molecule has 2 saturated heterocycles. The lowest BCUT2D eigenvalue weighted by molar-refractivity contribution is -0.135. The molecule has 0 aromatic rings. The highest BCUT2D eigenvalue weighted by molar-refractivity contribution is 5.78. The van der Waals surface area contributed by atoms with Crippen molar-refractivity contribution in [1.82, 2.24) is 9.80 Å². The standard InChI is InChI=1S/C15H28N2O/c1-12-4-6-16(7-5-12)11-15(18)17-9-13(2)8-14(3)10-17/h12-14H,4-11H2,1-3H3. The maximum Gasteiger partial charge on any atom is 0.236 e. The van der Waals surface area contributed by atoms with Gasteiger partial charge in [-0.05, 0) is 50.1 Å². The second-order valence-corrected chi connectivity index (χ2v) is 6.70. The fourth-order valence-corrected chi connectivity index (χ4v) is 3.38. The summed E-state index contributed by atoms with van der Waals surface area (Å²) in [6.45, 7) is 11.6. The smallest absolute Gasteiger partial charge is 0.236 e. The highest BCUT2D eigenvalue weighted by Crippen LogP contribution is 2.21. The number of hydrogen-bond acceptors (Lipinski definition) is 2. The van der Waals surface area contributed by atoms with E-state index in [0.717, 1.165) is 32.1 Å². The molecular formula is C15H28N2O. The first-order valence-corrected chi connectivity index (χ1v) is 7.54. The molecule has 18 heavy (non-hydrogen) atoms. The number of likely N-dealkylation sites (tertiary alicyclic amines) is 2. The van der Waals surface area contributed by atoms with Crippen LogP contribution in [0, 0.1) is 17.8 Å². The van der Waals surface area contributed by atoms with Crippen LogP contribution in [0.1, 0.15) is 40.0 Å². The van der Waals surface area contributed by atoms with Crippen molar-refractivity contribution < 1.29 is 4.79 Å². The van der Waals surface area contributed by atoms with Crippen LogP contribution in [0.25, 0.3) is 0 Å². The Morgan fingerprint density at radius 1 is 1.00 bits per heavy atom. The van der Waals surface area contributed by atoms with Crippen LogP contribution in [0.4, 0.5) is 0 Å². The Morgan fingerprint density at radius 2 is 1.56 bits per heavy atom. The summed E-state index contributed by atoms with van der Waals surface area (Å²) in [5, 5.41) is 0. The molecule has 2 fully saturated rings. The van der Waals surface area contributed by atoms with Gasteiger partial charge in [-0.25, -0.2) is 0 Å². The average Bonchev–Trinajstić information content (AvgIpc) is 2.31. The lowest BCUT2D eigenvalue weighted by atomic mass is 9.92. The van der Waals surface area contributed by atoms with Gasteiger partial charge >= 0.3 is 0 Å². The van der Waals surface area contributed by atoms with Crippen LogP contribution in [0.3, 0.4) is 0 Å². The second-order valence-electron chi connectivity index (χ2n) is 6.70. The zero-order valence-corrected chi connectivity index (χ0v) is 12.2. The van der Waals surface area contributed by atoms with E-state index in [0.29, 0.717) is 24.3 Å². The van der Waals surface area contributed by atoms with Gasteiger partial charge in [0.05, 0.1) is 6.54 Å². The van der Waals surface area contributed by atoms with E-state index in [-0.39, 0.29) is 0 Å². The summed E-state index contributed by atoms with van der Waals surface area (Å²) in [5.74, 6) is 2.52. The number of piperidine rings is 2. The average molecular weight is 252 g/mol. The third-order valence-electron chi connectivity index (χ3n) is 4.46. The fourth-order valence-electron chi connectivity index (χ4n) is 3.38. The third kappa shape index (κ3) is 3.71. The van der Waals surface area contributed by atoms with Gasteiger partial charge in [-0.2, -0.15) is 0 Å². The number of nitrogens with zero attached hydrogens (tertiary/aromatic N) is 2. The van der Waals surface area contributed by atoms with Gasteiger partial charge in [0.1, 0.15) is 0 Å². The maximum atomic E-state index is 12.3. The van der Waals surface area contributed by atoms with Crippen molar-refractivity contribution in [3.05, 3.63) is 0 Å². The van der Waals surface area contributed by atoms with Gasteiger partial charge in [0, 0.05) is 13.1 Å². The number of carbonyl (C=O) groups is 1. The molecule has 0 aromatic heterocycles. The number of hydrogen-bond donors (Lipinski definition) is 0. The molecule has 2 rings (SSSR count). The Morgan fingerprint density at radius 3 is 2.11 bits per heavy atom. The van der Waals surface area contributed by atoms with Crippen molar-refractivity contribution in [3.8, 4) is 0 Å². The molecule has 2 heterocycles. The van der Waals surface area contributed by atoms with Crippen LogP contribution >= 0.6 is 0 Å². The molecule has 0 spiro atoms. The van der Waals surface area contributed by atoms with Crippen molar-refractivity contribution in [2.75, 3.05) is 32.7 Å². The van der Waals surface area contributed by atoms with Gasteiger partial charge in [-0.15, -0.1) is 0 Å². The first-order chi connectivity index (χ1) is 8.54. The number of carbonyl (C=O) groups excluding carboxylic acids is 1. The highest BCUT2D eigenvalue weighted by atomic mass is 16.2. The SMILES string of the molecule is CC1CCN(CC(=O)N2CC(C)CC(C)C2)CC1. The lowest BCUT2D eigenvalue weighted by Crippen LogP contribution is -2.48. The zero-order valence-electron chi connectivity index (χ0n) is 12.2. The van der Waals surface area contributed by atoms with E-state index in [1.807, 2.05) is 0 Å². The lowest BCUT2D eigenvalue weighted by Gasteiger charge is -2.37. The maximum absolute atomic E-state index is 12.3. The summed E-state index contributed by atoms with van der Waals surface area (Å²) in [5.41, 5.74) is 0. The van der Waals surface area contributed by atoms with Crippen LogP contribution in [-0.2, 0) is 4.79 Å². The predicted octanol–water partition coefficient (Wildman–Crippen LogP) is 2.22. The van der Waals surface area contributed by atoms with Crippen LogP contribution in [0.15, 0.2) is 0 Å². The van der Waals surface area contributed by atoms with Gasteiger partial charge < -0.3 is 4.90 Å². The van der Waals surface area contributed by atoms with Crippen LogP contribution in [-0.4, -0.2) is 48.4 Å². The molecule has 0 N–H and O–H groups in total. The predicted molar refractivity (Wildman–Crippen MR) is 74.4 cm³/mol. The van der Waals surface area contributed by atoms with E-state index in [4.69, 9.17) is 0 Å². The van der Waals surface area contributed by atoms with Gasteiger partial charge in [-0.3, -0.25) is 9.69 Å². The van der Waals surface area contributed by atoms with Gasteiger partial charge in [0.25, 0.3) is 0 Å². The Labute approximate surface area is 112 Å². The van der Waals surface area contributed by atoms with E-state index < -0.39 is 0 Å². The summed E-state index contributed by atoms with van der Waals surface area (Å²) in [7, 11) is 0. The summed E-state index contributed by atoms with van der Waals surface area (Å²) in [6, 6.07) is 0. The van der Waals surface area contributed by atoms with Gasteiger partial charge in [0.2, 0.25) is 5.91 Å². The van der Waals surface area contributed by atoms with Crippen molar-refractivity contribution in [2.45, 2.75) is 40.0 Å². The molecular weight excluding hydrogens is 224 g/mol. The van der Waals surface area contributed by atoms with Crippen molar-refractivity contribution >= 4 is 5.91 Å². The van der Waals surface area contributed by atoms with Crippen molar-refractivity contribution in [1.29, 1.82) is 0 Å². The molecule has 2 aliphatic heterocycles. The summed E-state index contributed by atoms with van der Waals surface area (Å²) >= 11 is 0. The fraction of sp³-hybridized carbons (Fsp3) is 0.933. The first kappa shape index (κ1) is 13.9. The van der Waals surface area contributed by atoms with Crippen molar-refractivity contribution in [3.63, 3.8) is 0 Å². The molecule has 2 atom stereocenters. The third-order valence-corrected chi connectivity index (χ3v) is 4.46. The van der Waals surface area contributed by atoms with Crippen LogP contribution < -0.4 is 0 Å². The van der Waals surface area contributed by atoms with E-state index in [1.54, 1.807) is 0 Å². The minimum absolute atomic E-state index is 0.350. The van der Waals surface area contributed by atoms with E-state index in [2.05, 4.69) is 30.6 Å². The molecule has 0 saturated carbocycles. The molecule has 0 bridgehead atoms. The molecule has 0 radical (unpaired) electrons. The number of rotatable bonds is 2. The Hall–Kier alpha value is -0.570. The molecule has 3 nitrogen and oxygen atoms in total. The quantitative estimate of drug-likeness (QED) is 0.752. The Kier molecular flexibility index (Phi) is 4.66. The monoisotopic (exact) mass is 252 g/mol. The second kappa shape index (κ2) is 6.05. The van der Waals surface area contributed by atoms with Gasteiger partial charge in [-0.1, -0.05) is 20.8 Å². The molecule has 0 aromatic carbocycles. The summed E-state index contributed by atoms with van der Waals surface area (Å²) in [4.78, 5) is 16.8. The first-order valence-electron chi connectivity index (χ1n) is 7.54. The largest absolute Gasteiger partial charge is 0.341 e. The number of amides is 1. The molecule has 2 aliphatic rings. The Bertz CT molecular complexity index is 274. The van der Waals surface area contributed by atoms with Crippen LogP contribution in [0.5, 0.6) is 0 Å². The van der Waals surface area contributed by atoms with Crippen molar-refractivity contribution in [2.24, 2.45) is 17.8 Å². The molecule has 1 amide bonds. The normalized spacial score (nSPS) is 31.6. The molecule has 0 aliphatic carbocycles. The summed E-state index contributed by atoms with van der Waals surface area (Å²) in [6.07, 6.45) is 3.77. The molecule has 104 valence electrons. The minimum Gasteiger partial charge on any atom is -0.341 e. The highest BCUT2D eigenvalue weighted by Gasteiger charge is 2.27. The van der Waals surface area contributed by atoms with E-state index in [1.165, 1.54) is 19.3 Å². The summed E-state index contributed by atoms with van der Waals surface area (Å²) < 4.78 is 0. The van der Waals surface area contributed by atoms with E-state index in [9.17, 15) is 4.79 Å². The van der Waals surface area contributed by atoms with Crippen LogP contribution in [0.2, 0.25) is 0 Å². The minimum atomic E-state index is 0.350. The zero-order chi connectivity index (χ0) is 13.1. The Balaban J connectivity index is 1.80. The molecule has 3 heteroatoms. The topological polar surface area (TPSA) is 23.6 Å². The van der Waals surface area contributed by atoms with Gasteiger partial charge in [0.15, 0.2) is 0 Å².